The molecule has 1 N–H and O–H groups in total. The summed E-state index contributed by atoms with van der Waals surface area (Å²) in [6.07, 6.45) is 0.828. The summed E-state index contributed by atoms with van der Waals surface area (Å²) >= 11 is 0. The molecule has 4 rings (SSSR count). The quantitative estimate of drug-likeness (QED) is 0.479. The third-order valence-corrected chi connectivity index (χ3v) is 4.83. The van der Waals surface area contributed by atoms with Crippen LogP contribution in [0.4, 0.5) is 0 Å². The first-order chi connectivity index (χ1) is 13.7. The van der Waals surface area contributed by atoms with Crippen molar-refractivity contribution < 1.29 is 4.52 Å². The number of hydrogen-bond donors (Lipinski definition) is 1. The predicted octanol–water partition coefficient (Wildman–Crippen LogP) is 5.30. The second-order valence-corrected chi connectivity index (χ2v) is 7.50. The van der Waals surface area contributed by atoms with Crippen molar-refractivity contribution in [3.63, 3.8) is 0 Å². The minimum Gasteiger partial charge on any atom is -0.338 e. The van der Waals surface area contributed by atoms with Crippen LogP contribution in [-0.4, -0.2) is 10.1 Å². The van der Waals surface area contributed by atoms with Crippen LogP contribution in [0.15, 0.2) is 77.3 Å². The molecule has 0 aliphatic carbocycles. The third kappa shape index (κ3) is 4.12. The van der Waals surface area contributed by atoms with E-state index in [2.05, 4.69) is 96.0 Å². The van der Waals surface area contributed by atoms with Crippen molar-refractivity contribution in [2.75, 3.05) is 0 Å². The number of hydrogen-bond acceptors (Lipinski definition) is 4. The predicted molar refractivity (Wildman–Crippen MR) is 112 cm³/mol. The van der Waals surface area contributed by atoms with Gasteiger partial charge in [-0.25, -0.2) is 0 Å². The number of aromatic nitrogens is 2. The van der Waals surface area contributed by atoms with Crippen molar-refractivity contribution in [2.45, 2.75) is 32.9 Å². The van der Waals surface area contributed by atoms with Crippen LogP contribution in [0.1, 0.15) is 42.7 Å². The number of nitrogens with zero attached hydrogens (tertiary/aromatic N) is 2. The summed E-state index contributed by atoms with van der Waals surface area (Å²) in [6.45, 7) is 4.83. The number of benzene rings is 3. The monoisotopic (exact) mass is 371 g/mol. The summed E-state index contributed by atoms with van der Waals surface area (Å²) in [7, 11) is 0. The van der Waals surface area contributed by atoms with E-state index in [9.17, 15) is 0 Å². The lowest BCUT2D eigenvalue weighted by molar-refractivity contribution is 0.357. The Morgan fingerprint density at radius 1 is 0.893 bits per heavy atom. The molecule has 4 heteroatoms. The topological polar surface area (TPSA) is 51.0 Å². The van der Waals surface area contributed by atoms with Gasteiger partial charge in [-0.3, -0.25) is 5.32 Å². The van der Waals surface area contributed by atoms with Crippen LogP contribution in [0.3, 0.4) is 0 Å². The van der Waals surface area contributed by atoms with Gasteiger partial charge in [0, 0.05) is 6.42 Å². The molecule has 1 unspecified atom stereocenters. The average molecular weight is 371 g/mol. The van der Waals surface area contributed by atoms with Gasteiger partial charge in [0.1, 0.15) is 0 Å². The molecule has 0 saturated carbocycles. The molecule has 1 aromatic heterocycles. The Labute approximate surface area is 165 Å². The Balaban J connectivity index is 1.64. The van der Waals surface area contributed by atoms with E-state index in [1.165, 1.54) is 21.9 Å². The molecule has 0 aliphatic rings. The molecule has 1 atom stereocenters. The Morgan fingerprint density at radius 2 is 1.64 bits per heavy atom. The van der Waals surface area contributed by atoms with Crippen molar-refractivity contribution in [3.05, 3.63) is 95.6 Å². The van der Waals surface area contributed by atoms with Crippen molar-refractivity contribution in [2.24, 2.45) is 5.92 Å². The van der Waals surface area contributed by atoms with Gasteiger partial charge in [-0.1, -0.05) is 91.8 Å². The van der Waals surface area contributed by atoms with E-state index in [0.717, 1.165) is 12.2 Å². The van der Waals surface area contributed by atoms with Gasteiger partial charge in [0.2, 0.25) is 5.89 Å². The summed E-state index contributed by atoms with van der Waals surface area (Å²) in [5, 5.41) is 10.2. The molecule has 0 fully saturated rings. The van der Waals surface area contributed by atoms with E-state index in [4.69, 9.17) is 4.52 Å². The highest BCUT2D eigenvalue weighted by Gasteiger charge is 2.17. The SMILES string of the molecule is CC(C)Cc1noc(CNC(c2ccccc2)c2cccc3ccccc23)n1. The van der Waals surface area contributed by atoms with E-state index >= 15 is 0 Å². The van der Waals surface area contributed by atoms with Crippen LogP contribution >= 0.6 is 0 Å². The molecule has 142 valence electrons. The Bertz CT molecular complexity index is 1030. The maximum atomic E-state index is 5.45. The van der Waals surface area contributed by atoms with Gasteiger partial charge in [-0.2, -0.15) is 4.98 Å². The number of fused-ring (bicyclic) bond motifs is 1. The molecule has 4 aromatic rings. The van der Waals surface area contributed by atoms with Crippen molar-refractivity contribution in [3.8, 4) is 0 Å². The summed E-state index contributed by atoms with van der Waals surface area (Å²) in [6, 6.07) is 25.5. The normalized spacial score (nSPS) is 12.5. The smallest absolute Gasteiger partial charge is 0.240 e. The zero-order valence-corrected chi connectivity index (χ0v) is 16.3. The van der Waals surface area contributed by atoms with Crippen LogP contribution < -0.4 is 5.32 Å². The molecule has 3 aromatic carbocycles. The van der Waals surface area contributed by atoms with E-state index in [1.54, 1.807) is 0 Å². The highest BCUT2D eigenvalue weighted by Crippen LogP contribution is 2.29. The van der Waals surface area contributed by atoms with E-state index in [1.807, 2.05) is 6.07 Å². The molecule has 28 heavy (non-hydrogen) atoms. The first-order valence-corrected chi connectivity index (χ1v) is 9.78. The number of nitrogens with one attached hydrogen (secondary N) is 1. The van der Waals surface area contributed by atoms with Crippen LogP contribution in [-0.2, 0) is 13.0 Å². The first kappa shape index (κ1) is 18.4. The summed E-state index contributed by atoms with van der Waals surface area (Å²) < 4.78 is 5.45. The van der Waals surface area contributed by atoms with Crippen LogP contribution in [0.2, 0.25) is 0 Å². The molecule has 1 heterocycles. The Hall–Kier alpha value is -2.98. The Morgan fingerprint density at radius 3 is 2.46 bits per heavy atom. The van der Waals surface area contributed by atoms with Gasteiger partial charge < -0.3 is 4.52 Å². The molecule has 0 bridgehead atoms. The minimum absolute atomic E-state index is 0.0350. The lowest BCUT2D eigenvalue weighted by atomic mass is 9.93. The third-order valence-electron chi connectivity index (χ3n) is 4.83. The van der Waals surface area contributed by atoms with E-state index in [0.29, 0.717) is 18.4 Å². The molecule has 0 spiro atoms. The lowest BCUT2D eigenvalue weighted by Gasteiger charge is -2.21. The second-order valence-electron chi connectivity index (χ2n) is 7.50. The second kappa shape index (κ2) is 8.36. The van der Waals surface area contributed by atoms with Gasteiger partial charge in [0.15, 0.2) is 5.82 Å². The van der Waals surface area contributed by atoms with Crippen molar-refractivity contribution in [1.29, 1.82) is 0 Å². The van der Waals surface area contributed by atoms with Crippen LogP contribution in [0.5, 0.6) is 0 Å². The molecular formula is C24H25N3O. The molecule has 0 saturated heterocycles. The summed E-state index contributed by atoms with van der Waals surface area (Å²) in [5.41, 5.74) is 2.45. The standard InChI is InChI=1S/C24H25N3O/c1-17(2)15-22-26-23(28-27-22)16-25-24(19-10-4-3-5-11-19)21-14-8-12-18-9-6-7-13-20(18)21/h3-14,17,24-25H,15-16H2,1-2H3. The molecule has 0 radical (unpaired) electrons. The lowest BCUT2D eigenvalue weighted by Crippen LogP contribution is -2.22. The largest absolute Gasteiger partial charge is 0.338 e. The number of rotatable bonds is 7. The first-order valence-electron chi connectivity index (χ1n) is 9.78. The Kier molecular flexibility index (Phi) is 5.49. The zero-order valence-electron chi connectivity index (χ0n) is 16.3. The van der Waals surface area contributed by atoms with Crippen molar-refractivity contribution in [1.82, 2.24) is 15.5 Å². The molecule has 4 nitrogen and oxygen atoms in total. The van der Waals surface area contributed by atoms with Gasteiger partial charge in [-0.05, 0) is 27.8 Å². The molecular weight excluding hydrogens is 346 g/mol. The van der Waals surface area contributed by atoms with Gasteiger partial charge in [0.05, 0.1) is 12.6 Å². The van der Waals surface area contributed by atoms with E-state index < -0.39 is 0 Å². The highest BCUT2D eigenvalue weighted by molar-refractivity contribution is 5.86. The molecule has 0 aliphatic heterocycles. The van der Waals surface area contributed by atoms with Gasteiger partial charge >= 0.3 is 0 Å². The van der Waals surface area contributed by atoms with E-state index in [-0.39, 0.29) is 6.04 Å². The maximum Gasteiger partial charge on any atom is 0.240 e. The fourth-order valence-corrected chi connectivity index (χ4v) is 3.55. The highest BCUT2D eigenvalue weighted by atomic mass is 16.5. The van der Waals surface area contributed by atoms with Crippen LogP contribution in [0, 0.1) is 5.92 Å². The van der Waals surface area contributed by atoms with Gasteiger partial charge in [0.25, 0.3) is 0 Å². The zero-order chi connectivity index (χ0) is 19.3. The summed E-state index contributed by atoms with van der Waals surface area (Å²) in [4.78, 5) is 4.53. The fraction of sp³-hybridized carbons (Fsp3) is 0.250. The van der Waals surface area contributed by atoms with Gasteiger partial charge in [-0.15, -0.1) is 0 Å². The summed E-state index contributed by atoms with van der Waals surface area (Å²) in [5.74, 6) is 1.90. The maximum absolute atomic E-state index is 5.45. The fourth-order valence-electron chi connectivity index (χ4n) is 3.55. The van der Waals surface area contributed by atoms with Crippen LogP contribution in [0.25, 0.3) is 10.8 Å². The minimum atomic E-state index is 0.0350. The van der Waals surface area contributed by atoms with Crippen molar-refractivity contribution >= 4 is 10.8 Å². The average Bonchev–Trinajstić information content (AvgIpc) is 3.15. The molecule has 0 amide bonds.